The molecule has 1 atom stereocenters. The Balaban J connectivity index is 2.16. The first-order valence-electron chi connectivity index (χ1n) is 5.64. The fraction of sp³-hybridized carbons (Fsp3) is 0.214. The predicted octanol–water partition coefficient (Wildman–Crippen LogP) is 2.47. The zero-order chi connectivity index (χ0) is 12.1. The van der Waals surface area contributed by atoms with Crippen molar-refractivity contribution < 1.29 is 4.74 Å². The highest BCUT2D eigenvalue weighted by molar-refractivity contribution is 5.28. The number of pyridine rings is 1. The van der Waals surface area contributed by atoms with Crippen LogP contribution in [0.3, 0.4) is 0 Å². The van der Waals surface area contributed by atoms with Crippen molar-refractivity contribution in [1.29, 1.82) is 0 Å². The fourth-order valence-corrected chi connectivity index (χ4v) is 1.65. The molecule has 1 aromatic carbocycles. The summed E-state index contributed by atoms with van der Waals surface area (Å²) in [6.45, 7) is 2.44. The van der Waals surface area contributed by atoms with Crippen molar-refractivity contribution in [3.63, 3.8) is 0 Å². The minimum Gasteiger partial charge on any atom is -0.483 e. The van der Waals surface area contributed by atoms with Gasteiger partial charge in [0.2, 0.25) is 0 Å². The molecule has 1 unspecified atom stereocenters. The van der Waals surface area contributed by atoms with Crippen LogP contribution < -0.4 is 10.5 Å². The maximum atomic E-state index is 5.84. The molecule has 3 nitrogen and oxygen atoms in total. The number of benzene rings is 1. The molecule has 0 saturated heterocycles. The van der Waals surface area contributed by atoms with Crippen LogP contribution in [0.25, 0.3) is 0 Å². The molecule has 1 heterocycles. The van der Waals surface area contributed by atoms with Gasteiger partial charge in [-0.25, -0.2) is 0 Å². The summed E-state index contributed by atoms with van der Waals surface area (Å²) in [6.07, 6.45) is 1.55. The van der Waals surface area contributed by atoms with Crippen LogP contribution in [0.2, 0.25) is 0 Å². The first-order valence-corrected chi connectivity index (χ1v) is 5.64. The Morgan fingerprint density at radius 2 is 2.12 bits per heavy atom. The first-order chi connectivity index (χ1) is 8.29. The van der Waals surface area contributed by atoms with Crippen molar-refractivity contribution in [1.82, 2.24) is 4.98 Å². The molecule has 0 radical (unpaired) electrons. The molecule has 0 amide bonds. The first kappa shape index (κ1) is 11.6. The Kier molecular flexibility index (Phi) is 3.73. The molecule has 3 heteroatoms. The van der Waals surface area contributed by atoms with E-state index in [1.165, 1.54) is 5.56 Å². The highest BCUT2D eigenvalue weighted by Crippen LogP contribution is 2.20. The number of ether oxygens (including phenoxy) is 1. The van der Waals surface area contributed by atoms with E-state index in [0.29, 0.717) is 6.54 Å². The van der Waals surface area contributed by atoms with Gasteiger partial charge in [0.25, 0.3) is 0 Å². The van der Waals surface area contributed by atoms with Crippen LogP contribution in [-0.2, 0) is 0 Å². The van der Waals surface area contributed by atoms with Crippen molar-refractivity contribution in [2.75, 3.05) is 6.54 Å². The lowest BCUT2D eigenvalue weighted by molar-refractivity contribution is 0.209. The van der Waals surface area contributed by atoms with Gasteiger partial charge in [0.1, 0.15) is 5.75 Å². The molecule has 2 rings (SSSR count). The van der Waals surface area contributed by atoms with Gasteiger partial charge in [-0.15, -0.1) is 0 Å². The van der Waals surface area contributed by atoms with Crippen LogP contribution in [0.1, 0.15) is 17.4 Å². The summed E-state index contributed by atoms with van der Waals surface area (Å²) in [7, 11) is 0. The monoisotopic (exact) mass is 228 g/mol. The second-order valence-corrected chi connectivity index (χ2v) is 3.91. The minimum atomic E-state index is -0.196. The van der Waals surface area contributed by atoms with Gasteiger partial charge in [0.05, 0.1) is 5.69 Å². The molecule has 2 aromatic rings. The van der Waals surface area contributed by atoms with E-state index in [2.05, 4.69) is 4.98 Å². The van der Waals surface area contributed by atoms with Gasteiger partial charge in [-0.3, -0.25) is 4.98 Å². The van der Waals surface area contributed by atoms with Gasteiger partial charge in [0.15, 0.2) is 6.10 Å². The Labute approximate surface area is 101 Å². The molecule has 0 aliphatic heterocycles. The zero-order valence-electron chi connectivity index (χ0n) is 9.84. The molecular weight excluding hydrogens is 212 g/mol. The molecule has 0 aliphatic carbocycles. The van der Waals surface area contributed by atoms with E-state index < -0.39 is 0 Å². The summed E-state index contributed by atoms with van der Waals surface area (Å²) in [4.78, 5) is 4.26. The van der Waals surface area contributed by atoms with Gasteiger partial charge in [-0.1, -0.05) is 18.2 Å². The third-order valence-corrected chi connectivity index (χ3v) is 2.50. The summed E-state index contributed by atoms with van der Waals surface area (Å²) in [6, 6.07) is 13.7. The lowest BCUT2D eigenvalue weighted by Gasteiger charge is -2.17. The third kappa shape index (κ3) is 3.04. The summed E-state index contributed by atoms with van der Waals surface area (Å²) in [5, 5.41) is 0. The van der Waals surface area contributed by atoms with Crippen LogP contribution in [-0.4, -0.2) is 11.5 Å². The molecule has 1 aromatic heterocycles. The van der Waals surface area contributed by atoms with E-state index in [1.807, 2.05) is 49.4 Å². The molecule has 0 bridgehead atoms. The molecule has 0 spiro atoms. The number of nitrogens with two attached hydrogens (primary N) is 1. The standard InChI is InChI=1S/C14H16N2O/c1-11-5-4-6-12(9-11)17-14(10-15)13-7-2-3-8-16-13/h2-9,14H,10,15H2,1H3. The van der Waals surface area contributed by atoms with Gasteiger partial charge in [-0.05, 0) is 36.8 Å². The summed E-state index contributed by atoms with van der Waals surface area (Å²) >= 11 is 0. The number of nitrogens with zero attached hydrogens (tertiary/aromatic N) is 1. The number of hydrogen-bond acceptors (Lipinski definition) is 3. The van der Waals surface area contributed by atoms with Crippen molar-refractivity contribution in [3.8, 4) is 5.75 Å². The lowest BCUT2D eigenvalue weighted by Crippen LogP contribution is -2.19. The van der Waals surface area contributed by atoms with Crippen LogP contribution >= 0.6 is 0 Å². The molecule has 0 fully saturated rings. The number of rotatable bonds is 4. The smallest absolute Gasteiger partial charge is 0.153 e. The fourth-order valence-electron chi connectivity index (χ4n) is 1.65. The maximum Gasteiger partial charge on any atom is 0.153 e. The predicted molar refractivity (Wildman–Crippen MR) is 67.8 cm³/mol. The Hall–Kier alpha value is -1.87. The van der Waals surface area contributed by atoms with Crippen molar-refractivity contribution in [2.24, 2.45) is 5.73 Å². The van der Waals surface area contributed by atoms with Gasteiger partial charge in [0, 0.05) is 12.7 Å². The highest BCUT2D eigenvalue weighted by atomic mass is 16.5. The Morgan fingerprint density at radius 1 is 1.24 bits per heavy atom. The van der Waals surface area contributed by atoms with Crippen LogP contribution in [0.15, 0.2) is 48.7 Å². The van der Waals surface area contributed by atoms with Crippen LogP contribution in [0.5, 0.6) is 5.75 Å². The minimum absolute atomic E-state index is 0.196. The SMILES string of the molecule is Cc1cccc(OC(CN)c2ccccn2)c1. The van der Waals surface area contributed by atoms with Crippen molar-refractivity contribution in [3.05, 3.63) is 59.9 Å². The largest absolute Gasteiger partial charge is 0.483 e. The highest BCUT2D eigenvalue weighted by Gasteiger charge is 2.12. The topological polar surface area (TPSA) is 48.1 Å². The molecule has 2 N–H and O–H groups in total. The Morgan fingerprint density at radius 3 is 2.76 bits per heavy atom. The average molecular weight is 228 g/mol. The van der Waals surface area contributed by atoms with Crippen LogP contribution in [0, 0.1) is 6.92 Å². The Bertz CT molecular complexity index is 471. The zero-order valence-corrected chi connectivity index (χ0v) is 9.84. The second kappa shape index (κ2) is 5.46. The number of aromatic nitrogens is 1. The molecule has 88 valence electrons. The molecule has 17 heavy (non-hydrogen) atoms. The number of aryl methyl sites for hydroxylation is 1. The number of hydrogen-bond donors (Lipinski definition) is 1. The quantitative estimate of drug-likeness (QED) is 0.874. The maximum absolute atomic E-state index is 5.84. The van der Waals surface area contributed by atoms with E-state index in [0.717, 1.165) is 11.4 Å². The third-order valence-electron chi connectivity index (χ3n) is 2.50. The van der Waals surface area contributed by atoms with E-state index in [1.54, 1.807) is 6.20 Å². The van der Waals surface area contributed by atoms with E-state index >= 15 is 0 Å². The van der Waals surface area contributed by atoms with Gasteiger partial charge < -0.3 is 10.5 Å². The summed E-state index contributed by atoms with van der Waals surface area (Å²) in [5.74, 6) is 0.825. The normalized spacial score (nSPS) is 12.1. The lowest BCUT2D eigenvalue weighted by atomic mass is 10.2. The second-order valence-electron chi connectivity index (χ2n) is 3.91. The van der Waals surface area contributed by atoms with Gasteiger partial charge in [-0.2, -0.15) is 0 Å². The molecular formula is C14H16N2O. The van der Waals surface area contributed by atoms with E-state index in [4.69, 9.17) is 10.5 Å². The van der Waals surface area contributed by atoms with Crippen molar-refractivity contribution >= 4 is 0 Å². The van der Waals surface area contributed by atoms with Crippen LogP contribution in [0.4, 0.5) is 0 Å². The summed E-state index contributed by atoms with van der Waals surface area (Å²) < 4.78 is 5.84. The van der Waals surface area contributed by atoms with E-state index in [9.17, 15) is 0 Å². The molecule has 0 aliphatic rings. The van der Waals surface area contributed by atoms with E-state index in [-0.39, 0.29) is 6.10 Å². The van der Waals surface area contributed by atoms with Crippen molar-refractivity contribution in [2.45, 2.75) is 13.0 Å². The average Bonchev–Trinajstić information content (AvgIpc) is 2.37. The molecule has 0 saturated carbocycles. The van der Waals surface area contributed by atoms with Gasteiger partial charge >= 0.3 is 0 Å². The summed E-state index contributed by atoms with van der Waals surface area (Å²) in [5.41, 5.74) is 7.75.